The first-order valence-corrected chi connectivity index (χ1v) is 12.0. The number of unbranched alkanes of at least 4 members (excludes halogenated alkanes) is 1. The fourth-order valence-electron chi connectivity index (χ4n) is 3.79. The van der Waals surface area contributed by atoms with Crippen LogP contribution >= 0.6 is 0 Å². The summed E-state index contributed by atoms with van der Waals surface area (Å²) in [5.41, 5.74) is 9.26. The highest BCUT2D eigenvalue weighted by molar-refractivity contribution is 5.99. The number of hydrogen-bond acceptors (Lipinski definition) is 8. The molecule has 0 aliphatic carbocycles. The summed E-state index contributed by atoms with van der Waals surface area (Å²) in [6, 6.07) is 3.99. The molecule has 4 aromatic heterocycles. The van der Waals surface area contributed by atoms with Crippen LogP contribution in [0.1, 0.15) is 32.6 Å². The van der Waals surface area contributed by atoms with Gasteiger partial charge in [0.15, 0.2) is 5.65 Å². The summed E-state index contributed by atoms with van der Waals surface area (Å²) >= 11 is 0. The van der Waals surface area contributed by atoms with Gasteiger partial charge in [-0.3, -0.25) is 4.79 Å². The van der Waals surface area contributed by atoms with E-state index in [0.29, 0.717) is 56.5 Å². The van der Waals surface area contributed by atoms with Crippen LogP contribution in [0, 0.1) is 0 Å². The molecule has 186 valence electrons. The number of rotatable bonds is 14. The number of nitrogen functional groups attached to an aromatic ring is 1. The van der Waals surface area contributed by atoms with Crippen molar-refractivity contribution in [1.29, 1.82) is 0 Å². The average molecular weight is 481 g/mol. The Hall–Kier alpha value is -3.57. The standard InChI is InChI=1S/C24H32N8O3/c1-2-10-34-12-13-35-11-6-19(33)26-7-3-4-9-32-24-20(22(25)29-16-30-24)21(31-32)18-14-17-5-8-27-23(17)28-15-18/h5,8,14-16H,2-4,6-7,9-13H2,1H3,(H,26,33)(H,27,28)(H2,25,29,30). The highest BCUT2D eigenvalue weighted by Crippen LogP contribution is 2.31. The molecular formula is C24H32N8O3. The minimum atomic E-state index is -0.0144. The van der Waals surface area contributed by atoms with Gasteiger partial charge in [-0.1, -0.05) is 6.92 Å². The molecule has 0 spiro atoms. The number of aromatic amines is 1. The van der Waals surface area contributed by atoms with Gasteiger partial charge in [-0.15, -0.1) is 0 Å². The second-order valence-electron chi connectivity index (χ2n) is 8.20. The van der Waals surface area contributed by atoms with Crippen LogP contribution in [0.3, 0.4) is 0 Å². The number of hydrogen-bond donors (Lipinski definition) is 3. The molecule has 1 amide bonds. The van der Waals surface area contributed by atoms with E-state index in [2.05, 4.69) is 32.2 Å². The first kappa shape index (κ1) is 24.6. The van der Waals surface area contributed by atoms with Gasteiger partial charge in [0.2, 0.25) is 5.91 Å². The molecule has 4 heterocycles. The highest BCUT2D eigenvalue weighted by Gasteiger charge is 2.17. The summed E-state index contributed by atoms with van der Waals surface area (Å²) in [7, 11) is 0. The number of aromatic nitrogens is 6. The largest absolute Gasteiger partial charge is 0.383 e. The maximum Gasteiger partial charge on any atom is 0.222 e. The monoisotopic (exact) mass is 480 g/mol. The normalized spacial score (nSPS) is 11.5. The molecule has 4 rings (SSSR count). The number of nitrogens with two attached hydrogens (primary N) is 1. The van der Waals surface area contributed by atoms with Gasteiger partial charge in [0, 0.05) is 49.5 Å². The van der Waals surface area contributed by atoms with E-state index in [9.17, 15) is 4.79 Å². The maximum absolute atomic E-state index is 12.0. The number of carbonyl (C=O) groups is 1. The van der Waals surface area contributed by atoms with E-state index in [1.807, 2.05) is 23.0 Å². The minimum absolute atomic E-state index is 0.0144. The van der Waals surface area contributed by atoms with Crippen molar-refractivity contribution in [3.63, 3.8) is 0 Å². The van der Waals surface area contributed by atoms with Crippen LogP contribution in [0.15, 0.2) is 30.9 Å². The predicted octanol–water partition coefficient (Wildman–Crippen LogP) is 2.68. The molecule has 0 saturated carbocycles. The van der Waals surface area contributed by atoms with E-state index in [-0.39, 0.29) is 5.91 Å². The minimum Gasteiger partial charge on any atom is -0.383 e. The van der Waals surface area contributed by atoms with Gasteiger partial charge in [0.25, 0.3) is 0 Å². The molecule has 11 heteroatoms. The number of carbonyl (C=O) groups excluding carboxylic acids is 1. The highest BCUT2D eigenvalue weighted by atomic mass is 16.5. The van der Waals surface area contributed by atoms with Crippen molar-refractivity contribution in [3.8, 4) is 11.3 Å². The predicted molar refractivity (Wildman–Crippen MR) is 134 cm³/mol. The van der Waals surface area contributed by atoms with Crippen LogP contribution in [0.2, 0.25) is 0 Å². The lowest BCUT2D eigenvalue weighted by atomic mass is 10.1. The molecule has 4 N–H and O–H groups in total. The van der Waals surface area contributed by atoms with Crippen LogP contribution in [-0.2, 0) is 20.8 Å². The van der Waals surface area contributed by atoms with Gasteiger partial charge in [-0.25, -0.2) is 19.6 Å². The van der Waals surface area contributed by atoms with E-state index in [4.69, 9.17) is 20.3 Å². The van der Waals surface area contributed by atoms with Crippen LogP contribution < -0.4 is 11.1 Å². The quantitative estimate of drug-likeness (QED) is 0.234. The molecule has 35 heavy (non-hydrogen) atoms. The molecule has 0 aliphatic heterocycles. The summed E-state index contributed by atoms with van der Waals surface area (Å²) in [5.74, 6) is 0.372. The fourth-order valence-corrected chi connectivity index (χ4v) is 3.79. The van der Waals surface area contributed by atoms with Crippen LogP contribution in [0.4, 0.5) is 5.82 Å². The first-order chi connectivity index (χ1) is 17.2. The fraction of sp³-hybridized carbons (Fsp3) is 0.458. The smallest absolute Gasteiger partial charge is 0.222 e. The summed E-state index contributed by atoms with van der Waals surface area (Å²) in [6.07, 6.45) is 8.04. The summed E-state index contributed by atoms with van der Waals surface area (Å²) in [4.78, 5) is 28.1. The number of amides is 1. The second kappa shape index (κ2) is 12.2. The molecule has 4 aromatic rings. The zero-order valence-electron chi connectivity index (χ0n) is 20.0. The number of nitrogens with one attached hydrogen (secondary N) is 2. The maximum atomic E-state index is 12.0. The lowest BCUT2D eigenvalue weighted by Crippen LogP contribution is -2.25. The van der Waals surface area contributed by atoms with Crippen molar-refractivity contribution in [2.45, 2.75) is 39.2 Å². The molecular weight excluding hydrogens is 448 g/mol. The zero-order valence-corrected chi connectivity index (χ0v) is 20.0. The zero-order chi connectivity index (χ0) is 24.5. The molecule has 0 unspecified atom stereocenters. The number of fused-ring (bicyclic) bond motifs is 2. The molecule has 0 fully saturated rings. The van der Waals surface area contributed by atoms with Crippen molar-refractivity contribution in [3.05, 3.63) is 30.9 Å². The van der Waals surface area contributed by atoms with Crippen molar-refractivity contribution < 1.29 is 14.3 Å². The van der Waals surface area contributed by atoms with Crippen molar-refractivity contribution in [2.75, 3.05) is 38.7 Å². The molecule has 11 nitrogen and oxygen atoms in total. The Kier molecular flexibility index (Phi) is 8.58. The summed E-state index contributed by atoms with van der Waals surface area (Å²) in [6.45, 7) is 5.50. The molecule has 0 aliphatic rings. The number of ether oxygens (including phenoxy) is 2. The SMILES string of the molecule is CCCOCCOCCC(=O)NCCCCn1nc(-c2cnc3[nH]ccc3c2)c2c(N)ncnc21. The topological polar surface area (TPSA) is 146 Å². The van der Waals surface area contributed by atoms with E-state index < -0.39 is 0 Å². The molecule has 0 bridgehead atoms. The average Bonchev–Trinajstić information content (AvgIpc) is 3.48. The van der Waals surface area contributed by atoms with E-state index >= 15 is 0 Å². The van der Waals surface area contributed by atoms with E-state index in [1.54, 1.807) is 6.20 Å². The van der Waals surface area contributed by atoms with Gasteiger partial charge >= 0.3 is 0 Å². The Morgan fingerprint density at radius 1 is 1.14 bits per heavy atom. The van der Waals surface area contributed by atoms with E-state index in [0.717, 1.165) is 47.9 Å². The molecule has 0 aromatic carbocycles. The Labute approximate surface area is 203 Å². The first-order valence-electron chi connectivity index (χ1n) is 12.0. The lowest BCUT2D eigenvalue weighted by molar-refractivity contribution is -0.122. The van der Waals surface area contributed by atoms with Gasteiger partial charge in [-0.2, -0.15) is 5.10 Å². The van der Waals surface area contributed by atoms with Gasteiger partial charge in [0.1, 0.15) is 23.5 Å². The number of anilines is 1. The van der Waals surface area contributed by atoms with Crippen LogP contribution in [0.25, 0.3) is 33.3 Å². The molecule has 0 radical (unpaired) electrons. The van der Waals surface area contributed by atoms with Crippen LogP contribution in [0.5, 0.6) is 0 Å². The molecule has 0 saturated heterocycles. The van der Waals surface area contributed by atoms with Crippen molar-refractivity contribution in [1.82, 2.24) is 35.0 Å². The third kappa shape index (κ3) is 6.31. The third-order valence-electron chi connectivity index (χ3n) is 5.54. The number of nitrogens with zero attached hydrogens (tertiary/aromatic N) is 5. The van der Waals surface area contributed by atoms with Gasteiger partial charge in [0.05, 0.1) is 25.2 Å². The van der Waals surface area contributed by atoms with Gasteiger partial charge < -0.3 is 25.5 Å². The Balaban J connectivity index is 1.28. The lowest BCUT2D eigenvalue weighted by Gasteiger charge is -2.07. The Morgan fingerprint density at radius 2 is 2.00 bits per heavy atom. The van der Waals surface area contributed by atoms with E-state index in [1.165, 1.54) is 6.33 Å². The van der Waals surface area contributed by atoms with Crippen molar-refractivity contribution in [2.24, 2.45) is 0 Å². The number of pyridine rings is 1. The summed E-state index contributed by atoms with van der Waals surface area (Å²) in [5, 5.41) is 9.44. The van der Waals surface area contributed by atoms with Gasteiger partial charge in [-0.05, 0) is 31.4 Å². The Bertz CT molecular complexity index is 1250. The summed E-state index contributed by atoms with van der Waals surface area (Å²) < 4.78 is 12.6. The second-order valence-corrected chi connectivity index (χ2v) is 8.20. The Morgan fingerprint density at radius 3 is 2.86 bits per heavy atom. The van der Waals surface area contributed by atoms with Crippen molar-refractivity contribution >= 4 is 33.8 Å². The third-order valence-corrected chi connectivity index (χ3v) is 5.54. The number of aryl methyl sites for hydroxylation is 1. The molecule has 0 atom stereocenters. The number of H-pyrrole nitrogens is 1. The van der Waals surface area contributed by atoms with Crippen LogP contribution in [-0.4, -0.2) is 68.6 Å².